The Hall–Kier alpha value is -1.32. The molecule has 0 amide bonds. The maximum atomic E-state index is 4.75. The Morgan fingerprint density at radius 3 is 2.35 bits per heavy atom. The van der Waals surface area contributed by atoms with Gasteiger partial charge < -0.3 is 10.6 Å². The van der Waals surface area contributed by atoms with Crippen LogP contribution >= 0.6 is 0 Å². The topological polar surface area (TPSA) is 49.8 Å². The first-order chi connectivity index (χ1) is 9.61. The second-order valence-corrected chi connectivity index (χ2v) is 6.07. The zero-order valence-electron chi connectivity index (χ0n) is 13.3. The summed E-state index contributed by atoms with van der Waals surface area (Å²) in [6, 6.07) is 0.576. The Kier molecular flexibility index (Phi) is 5.21. The number of hydrogen-bond donors (Lipinski definition) is 2. The van der Waals surface area contributed by atoms with Crippen molar-refractivity contribution in [3.63, 3.8) is 0 Å². The molecule has 0 aliphatic heterocycles. The molecule has 20 heavy (non-hydrogen) atoms. The molecule has 2 rings (SSSR count). The summed E-state index contributed by atoms with van der Waals surface area (Å²) in [5.41, 5.74) is 1.14. The molecule has 1 heterocycles. The molecular weight excluding hydrogens is 248 g/mol. The van der Waals surface area contributed by atoms with Crippen LogP contribution in [0.25, 0.3) is 0 Å². The highest BCUT2D eigenvalue weighted by Gasteiger charge is 2.17. The van der Waals surface area contributed by atoms with E-state index in [4.69, 9.17) is 4.98 Å². The van der Waals surface area contributed by atoms with Gasteiger partial charge in [-0.2, -0.15) is 0 Å². The maximum absolute atomic E-state index is 4.75. The Morgan fingerprint density at radius 2 is 1.75 bits per heavy atom. The van der Waals surface area contributed by atoms with Crippen LogP contribution in [0.3, 0.4) is 0 Å². The lowest BCUT2D eigenvalue weighted by Crippen LogP contribution is -2.24. The lowest BCUT2D eigenvalue weighted by atomic mass is 9.95. The van der Waals surface area contributed by atoms with Gasteiger partial charge in [0.2, 0.25) is 0 Å². The van der Waals surface area contributed by atoms with Crippen LogP contribution in [-0.2, 0) is 0 Å². The molecule has 2 N–H and O–H groups in total. The highest BCUT2D eigenvalue weighted by molar-refractivity contribution is 5.57. The molecule has 1 aromatic rings. The zero-order valence-corrected chi connectivity index (χ0v) is 13.3. The second-order valence-electron chi connectivity index (χ2n) is 6.07. The van der Waals surface area contributed by atoms with Crippen molar-refractivity contribution in [2.45, 2.75) is 71.8 Å². The molecule has 1 aromatic heterocycles. The first kappa shape index (κ1) is 15.1. The maximum Gasteiger partial charge on any atom is 0.135 e. The van der Waals surface area contributed by atoms with Crippen molar-refractivity contribution >= 4 is 11.6 Å². The van der Waals surface area contributed by atoms with Crippen LogP contribution in [0, 0.1) is 6.92 Å². The van der Waals surface area contributed by atoms with E-state index >= 15 is 0 Å². The Labute approximate surface area is 122 Å². The van der Waals surface area contributed by atoms with Gasteiger partial charge in [0.1, 0.15) is 17.5 Å². The first-order valence-corrected chi connectivity index (χ1v) is 8.00. The van der Waals surface area contributed by atoms with Gasteiger partial charge in [0.25, 0.3) is 0 Å². The van der Waals surface area contributed by atoms with Crippen LogP contribution in [0.15, 0.2) is 0 Å². The van der Waals surface area contributed by atoms with Crippen LogP contribution in [0.5, 0.6) is 0 Å². The molecule has 0 radical (unpaired) electrons. The molecule has 1 saturated carbocycles. The molecule has 0 atom stereocenters. The van der Waals surface area contributed by atoms with E-state index in [1.54, 1.807) is 0 Å². The van der Waals surface area contributed by atoms with Crippen LogP contribution in [-0.4, -0.2) is 22.6 Å². The monoisotopic (exact) mass is 276 g/mol. The predicted molar refractivity (Wildman–Crippen MR) is 85.5 cm³/mol. The van der Waals surface area contributed by atoms with E-state index in [2.05, 4.69) is 43.3 Å². The molecule has 112 valence electrons. The fraction of sp³-hybridized carbons (Fsp3) is 0.750. The Bertz CT molecular complexity index is 436. The van der Waals surface area contributed by atoms with Crippen molar-refractivity contribution in [1.82, 2.24) is 9.97 Å². The van der Waals surface area contributed by atoms with Crippen molar-refractivity contribution in [2.24, 2.45) is 0 Å². The molecule has 0 unspecified atom stereocenters. The SMILES string of the molecule is CCNc1nc(C(C)C)nc(NC2CCCCC2)c1C. The summed E-state index contributed by atoms with van der Waals surface area (Å²) in [4.78, 5) is 9.40. The largest absolute Gasteiger partial charge is 0.370 e. The highest BCUT2D eigenvalue weighted by atomic mass is 15.1. The van der Waals surface area contributed by atoms with Gasteiger partial charge in [-0.3, -0.25) is 0 Å². The molecular formula is C16H28N4. The van der Waals surface area contributed by atoms with Gasteiger partial charge in [-0.25, -0.2) is 9.97 Å². The minimum Gasteiger partial charge on any atom is -0.370 e. The number of anilines is 2. The Balaban J connectivity index is 2.24. The summed E-state index contributed by atoms with van der Waals surface area (Å²) in [5.74, 6) is 3.26. The molecule has 1 aliphatic rings. The lowest BCUT2D eigenvalue weighted by molar-refractivity contribution is 0.461. The normalized spacial score (nSPS) is 16.4. The minimum absolute atomic E-state index is 0.347. The lowest BCUT2D eigenvalue weighted by Gasteiger charge is -2.25. The molecule has 0 saturated heterocycles. The predicted octanol–water partition coefficient (Wildman–Crippen LogP) is 4.08. The van der Waals surface area contributed by atoms with E-state index in [1.165, 1.54) is 32.1 Å². The number of hydrogen-bond acceptors (Lipinski definition) is 4. The third-order valence-corrected chi connectivity index (χ3v) is 3.97. The van der Waals surface area contributed by atoms with Crippen LogP contribution in [0.1, 0.15) is 70.2 Å². The fourth-order valence-corrected chi connectivity index (χ4v) is 2.71. The second kappa shape index (κ2) is 6.91. The van der Waals surface area contributed by atoms with E-state index in [9.17, 15) is 0 Å². The number of rotatable bonds is 5. The van der Waals surface area contributed by atoms with E-state index in [-0.39, 0.29) is 0 Å². The fourth-order valence-electron chi connectivity index (χ4n) is 2.71. The number of nitrogens with zero attached hydrogens (tertiary/aromatic N) is 2. The van der Waals surface area contributed by atoms with E-state index in [0.29, 0.717) is 12.0 Å². The molecule has 1 fully saturated rings. The van der Waals surface area contributed by atoms with E-state index in [1.807, 2.05) is 0 Å². The van der Waals surface area contributed by atoms with Crippen LogP contribution < -0.4 is 10.6 Å². The van der Waals surface area contributed by atoms with Crippen molar-refractivity contribution in [1.29, 1.82) is 0 Å². The molecule has 4 nitrogen and oxygen atoms in total. The molecule has 0 bridgehead atoms. The third-order valence-electron chi connectivity index (χ3n) is 3.97. The summed E-state index contributed by atoms with van der Waals surface area (Å²) in [7, 11) is 0. The average Bonchev–Trinajstić information content (AvgIpc) is 2.44. The van der Waals surface area contributed by atoms with Crippen LogP contribution in [0.2, 0.25) is 0 Å². The minimum atomic E-state index is 0.347. The smallest absolute Gasteiger partial charge is 0.135 e. The van der Waals surface area contributed by atoms with Crippen molar-refractivity contribution in [3.8, 4) is 0 Å². The Morgan fingerprint density at radius 1 is 1.10 bits per heavy atom. The summed E-state index contributed by atoms with van der Waals surface area (Å²) in [6.45, 7) is 9.38. The molecule has 1 aliphatic carbocycles. The first-order valence-electron chi connectivity index (χ1n) is 8.00. The zero-order chi connectivity index (χ0) is 14.5. The van der Waals surface area contributed by atoms with Crippen LogP contribution in [0.4, 0.5) is 11.6 Å². The third kappa shape index (κ3) is 3.62. The quantitative estimate of drug-likeness (QED) is 0.850. The van der Waals surface area contributed by atoms with Crippen molar-refractivity contribution in [2.75, 3.05) is 17.2 Å². The molecule has 0 spiro atoms. The van der Waals surface area contributed by atoms with Gasteiger partial charge in [0.15, 0.2) is 0 Å². The van der Waals surface area contributed by atoms with Gasteiger partial charge in [0.05, 0.1) is 0 Å². The summed E-state index contributed by atoms with van der Waals surface area (Å²) >= 11 is 0. The number of nitrogens with one attached hydrogen (secondary N) is 2. The summed E-state index contributed by atoms with van der Waals surface area (Å²) in [5, 5.41) is 7.01. The molecule has 4 heteroatoms. The van der Waals surface area contributed by atoms with Gasteiger partial charge in [-0.05, 0) is 26.7 Å². The number of aromatic nitrogens is 2. The summed E-state index contributed by atoms with van der Waals surface area (Å²) < 4.78 is 0. The summed E-state index contributed by atoms with van der Waals surface area (Å²) in [6.07, 6.45) is 6.56. The van der Waals surface area contributed by atoms with E-state index < -0.39 is 0 Å². The van der Waals surface area contributed by atoms with Gasteiger partial charge in [0, 0.05) is 24.1 Å². The van der Waals surface area contributed by atoms with E-state index in [0.717, 1.165) is 29.6 Å². The van der Waals surface area contributed by atoms with Gasteiger partial charge in [-0.15, -0.1) is 0 Å². The average molecular weight is 276 g/mol. The van der Waals surface area contributed by atoms with Gasteiger partial charge >= 0.3 is 0 Å². The molecule has 0 aromatic carbocycles. The van der Waals surface area contributed by atoms with Gasteiger partial charge in [-0.1, -0.05) is 33.1 Å². The standard InChI is InChI=1S/C16H28N4/c1-5-17-15-12(4)16(20-14(19-15)11(2)3)18-13-9-7-6-8-10-13/h11,13H,5-10H2,1-4H3,(H2,17,18,19,20). The highest BCUT2D eigenvalue weighted by Crippen LogP contribution is 2.26. The van der Waals surface area contributed by atoms with Crippen molar-refractivity contribution in [3.05, 3.63) is 11.4 Å². The van der Waals surface area contributed by atoms with Crippen molar-refractivity contribution < 1.29 is 0 Å².